The zero-order valence-electron chi connectivity index (χ0n) is 22.5. The zero-order chi connectivity index (χ0) is 27.9. The van der Waals surface area contributed by atoms with Crippen molar-refractivity contribution >= 4 is 39.8 Å². The largest absolute Gasteiger partial charge is 0.343 e. The van der Waals surface area contributed by atoms with Gasteiger partial charge in [-0.1, -0.05) is 98.8 Å². The first kappa shape index (κ1) is 30.0. The number of carbonyl (C=O) groups excluding carboxylic acids is 3. The van der Waals surface area contributed by atoms with Crippen LogP contribution in [-0.2, 0) is 20.8 Å². The third-order valence-electron chi connectivity index (χ3n) is 5.76. The fourth-order valence-corrected chi connectivity index (χ4v) is 3.80. The van der Waals surface area contributed by atoms with Crippen LogP contribution in [0.25, 0.3) is 21.5 Å². The topological polar surface area (TPSA) is 113 Å². The quantitative estimate of drug-likeness (QED) is 0.160. The molecular formula is C31H38N4O3. The second-order valence-electron chi connectivity index (χ2n) is 8.57. The molecule has 38 heavy (non-hydrogen) atoms. The average Bonchev–Trinajstić information content (AvgIpc) is 2.94. The van der Waals surface area contributed by atoms with E-state index in [0.717, 1.165) is 16.3 Å². The zero-order valence-corrected chi connectivity index (χ0v) is 22.5. The Morgan fingerprint density at radius 3 is 2.13 bits per heavy atom. The SMILES string of the molecule is CC.CC(N)C(=O)N[C@H](Cc1ccc2ccccc2c1)C(=O)NCNC=O.Cc1cccc2ccccc12. The van der Waals surface area contributed by atoms with Gasteiger partial charge in [-0.15, -0.1) is 0 Å². The minimum absolute atomic E-state index is 0.00932. The molecule has 200 valence electrons. The Bertz CT molecular complexity index is 1330. The normalized spacial score (nSPS) is 11.6. The molecule has 4 rings (SSSR count). The smallest absolute Gasteiger partial charge is 0.244 e. The Morgan fingerprint density at radius 2 is 1.47 bits per heavy atom. The van der Waals surface area contributed by atoms with Crippen LogP contribution < -0.4 is 21.7 Å². The molecule has 0 heterocycles. The van der Waals surface area contributed by atoms with E-state index < -0.39 is 23.9 Å². The van der Waals surface area contributed by atoms with Crippen molar-refractivity contribution in [2.75, 3.05) is 6.67 Å². The number of aryl methyl sites for hydroxylation is 1. The fraction of sp³-hybridized carbons (Fsp3) is 0.258. The fourth-order valence-electron chi connectivity index (χ4n) is 3.80. The molecule has 0 aromatic heterocycles. The van der Waals surface area contributed by atoms with Crippen LogP contribution >= 0.6 is 0 Å². The summed E-state index contributed by atoms with van der Waals surface area (Å²) < 4.78 is 0. The van der Waals surface area contributed by atoms with Crippen molar-refractivity contribution < 1.29 is 14.4 Å². The predicted molar refractivity (Wildman–Crippen MR) is 155 cm³/mol. The molecule has 0 saturated carbocycles. The summed E-state index contributed by atoms with van der Waals surface area (Å²) in [6, 6.07) is 27.1. The van der Waals surface area contributed by atoms with Gasteiger partial charge in [0.15, 0.2) is 0 Å². The van der Waals surface area contributed by atoms with E-state index in [0.29, 0.717) is 12.8 Å². The van der Waals surface area contributed by atoms with Crippen molar-refractivity contribution in [2.45, 2.75) is 46.2 Å². The van der Waals surface area contributed by atoms with Gasteiger partial charge in [0.1, 0.15) is 6.04 Å². The number of hydrogen-bond donors (Lipinski definition) is 4. The highest BCUT2D eigenvalue weighted by atomic mass is 16.2. The minimum Gasteiger partial charge on any atom is -0.343 e. The van der Waals surface area contributed by atoms with E-state index in [1.807, 2.05) is 56.3 Å². The maximum Gasteiger partial charge on any atom is 0.244 e. The van der Waals surface area contributed by atoms with E-state index in [1.165, 1.54) is 16.3 Å². The molecular weight excluding hydrogens is 476 g/mol. The van der Waals surface area contributed by atoms with Crippen LogP contribution in [0.2, 0.25) is 0 Å². The molecule has 0 spiro atoms. The van der Waals surface area contributed by atoms with Crippen LogP contribution in [0.3, 0.4) is 0 Å². The van der Waals surface area contributed by atoms with Crippen LogP contribution in [0, 0.1) is 6.92 Å². The molecule has 0 aliphatic rings. The Morgan fingerprint density at radius 1 is 0.842 bits per heavy atom. The highest BCUT2D eigenvalue weighted by Gasteiger charge is 2.22. The maximum absolute atomic E-state index is 12.3. The van der Waals surface area contributed by atoms with Gasteiger partial charge in [-0.05, 0) is 46.5 Å². The molecule has 4 aromatic rings. The Balaban J connectivity index is 0.000000321. The lowest BCUT2D eigenvalue weighted by Gasteiger charge is -2.20. The van der Waals surface area contributed by atoms with Gasteiger partial charge >= 0.3 is 0 Å². The number of rotatable bonds is 8. The molecule has 7 nitrogen and oxygen atoms in total. The first-order valence-corrected chi connectivity index (χ1v) is 12.8. The summed E-state index contributed by atoms with van der Waals surface area (Å²) in [7, 11) is 0. The third kappa shape index (κ3) is 9.01. The van der Waals surface area contributed by atoms with Gasteiger partial charge in [0.05, 0.1) is 12.7 Å². The number of nitrogens with one attached hydrogen (secondary N) is 3. The second kappa shape index (κ2) is 15.8. The Hall–Kier alpha value is -4.23. The number of carbonyl (C=O) groups is 3. The van der Waals surface area contributed by atoms with Gasteiger partial charge in [-0.3, -0.25) is 14.4 Å². The van der Waals surface area contributed by atoms with E-state index in [-0.39, 0.29) is 6.67 Å². The molecule has 4 aromatic carbocycles. The summed E-state index contributed by atoms with van der Waals surface area (Å²) in [4.78, 5) is 34.5. The average molecular weight is 515 g/mol. The first-order valence-electron chi connectivity index (χ1n) is 12.8. The summed E-state index contributed by atoms with van der Waals surface area (Å²) in [5.74, 6) is -0.805. The molecule has 3 amide bonds. The Labute approximate surface area is 224 Å². The predicted octanol–water partition coefficient (Wildman–Crippen LogP) is 4.21. The van der Waals surface area contributed by atoms with Crippen molar-refractivity contribution in [3.05, 3.63) is 96.1 Å². The summed E-state index contributed by atoms with van der Waals surface area (Å²) in [6.45, 7) is 7.68. The van der Waals surface area contributed by atoms with E-state index in [4.69, 9.17) is 5.73 Å². The molecule has 5 N–H and O–H groups in total. The molecule has 1 unspecified atom stereocenters. The molecule has 0 aliphatic heterocycles. The monoisotopic (exact) mass is 514 g/mol. The van der Waals surface area contributed by atoms with E-state index >= 15 is 0 Å². The van der Waals surface area contributed by atoms with Crippen LogP contribution in [0.4, 0.5) is 0 Å². The number of fused-ring (bicyclic) bond motifs is 2. The van der Waals surface area contributed by atoms with Gasteiger partial charge in [0, 0.05) is 6.42 Å². The van der Waals surface area contributed by atoms with Crippen molar-refractivity contribution in [3.8, 4) is 0 Å². The summed E-state index contributed by atoms with van der Waals surface area (Å²) in [6.07, 6.45) is 0.801. The first-order chi connectivity index (χ1) is 18.4. The van der Waals surface area contributed by atoms with Crippen molar-refractivity contribution in [1.29, 1.82) is 0 Å². The summed E-state index contributed by atoms with van der Waals surface area (Å²) in [5.41, 5.74) is 7.83. The molecule has 7 heteroatoms. The highest BCUT2D eigenvalue weighted by Crippen LogP contribution is 2.17. The number of amides is 3. The van der Waals surface area contributed by atoms with E-state index in [1.54, 1.807) is 6.92 Å². The number of benzene rings is 4. The van der Waals surface area contributed by atoms with Gasteiger partial charge in [-0.25, -0.2) is 0 Å². The van der Waals surface area contributed by atoms with Crippen molar-refractivity contribution in [1.82, 2.24) is 16.0 Å². The summed E-state index contributed by atoms with van der Waals surface area (Å²) in [5, 5.41) is 12.4. The maximum atomic E-state index is 12.3. The van der Waals surface area contributed by atoms with E-state index in [9.17, 15) is 14.4 Å². The number of hydrogen-bond acceptors (Lipinski definition) is 4. The highest BCUT2D eigenvalue weighted by molar-refractivity contribution is 5.90. The molecule has 2 atom stereocenters. The minimum atomic E-state index is -0.784. The molecule has 0 radical (unpaired) electrons. The summed E-state index contributed by atoms with van der Waals surface area (Å²) >= 11 is 0. The lowest BCUT2D eigenvalue weighted by Crippen LogP contribution is -2.52. The Kier molecular flexibility index (Phi) is 12.5. The van der Waals surface area contributed by atoms with Gasteiger partial charge in [-0.2, -0.15) is 0 Å². The lowest BCUT2D eigenvalue weighted by atomic mass is 10.0. The molecule has 0 fully saturated rings. The molecule has 0 bridgehead atoms. The van der Waals surface area contributed by atoms with Crippen molar-refractivity contribution in [3.63, 3.8) is 0 Å². The van der Waals surface area contributed by atoms with E-state index in [2.05, 4.69) is 65.3 Å². The van der Waals surface area contributed by atoms with Crippen LogP contribution in [0.15, 0.2) is 84.9 Å². The molecule has 0 aliphatic carbocycles. The third-order valence-corrected chi connectivity index (χ3v) is 5.76. The van der Waals surface area contributed by atoms with Gasteiger partial charge in [0.2, 0.25) is 18.2 Å². The van der Waals surface area contributed by atoms with Crippen LogP contribution in [0.5, 0.6) is 0 Å². The second-order valence-corrected chi connectivity index (χ2v) is 8.57. The van der Waals surface area contributed by atoms with Crippen molar-refractivity contribution in [2.24, 2.45) is 5.73 Å². The van der Waals surface area contributed by atoms with Gasteiger partial charge < -0.3 is 21.7 Å². The lowest BCUT2D eigenvalue weighted by molar-refractivity contribution is -0.129. The van der Waals surface area contributed by atoms with Gasteiger partial charge in [0.25, 0.3) is 0 Å². The van der Waals surface area contributed by atoms with Crippen LogP contribution in [0.1, 0.15) is 31.9 Å². The standard InChI is InChI=1S/C18H22N4O3.C11H10.C2H6/c1-12(19)17(24)22-16(18(25)21-10-20-11-23)9-13-6-7-14-4-2-3-5-15(14)8-13;1-9-5-4-7-10-6-2-3-8-11(9)10;1-2/h2-8,11-12,16H,9-10,19H2,1H3,(H,20,23)(H,21,25)(H,22,24);2-8H,1H3;1-2H3/t12?,16-;;/m1../s1. The molecule has 0 saturated heterocycles. The van der Waals surface area contributed by atoms with Crippen LogP contribution in [-0.4, -0.2) is 37.0 Å². The number of nitrogens with two attached hydrogens (primary N) is 1.